The van der Waals surface area contributed by atoms with E-state index in [1.54, 1.807) is 19.1 Å². The summed E-state index contributed by atoms with van der Waals surface area (Å²) in [7, 11) is -3.39. The van der Waals surface area contributed by atoms with Gasteiger partial charge in [0.25, 0.3) is 0 Å². The van der Waals surface area contributed by atoms with Gasteiger partial charge in [-0.1, -0.05) is 6.08 Å². The quantitative estimate of drug-likeness (QED) is 0.460. The molecule has 0 fully saturated rings. The number of hydrogen-bond acceptors (Lipinski definition) is 7. The lowest BCUT2D eigenvalue weighted by atomic mass is 10.1. The molecule has 2 aromatic heterocycles. The third kappa shape index (κ3) is 5.55. The molecule has 0 saturated heterocycles. The third-order valence-corrected chi connectivity index (χ3v) is 6.17. The van der Waals surface area contributed by atoms with Gasteiger partial charge in [0, 0.05) is 29.6 Å². The Morgan fingerprint density at radius 1 is 1.12 bits per heavy atom. The van der Waals surface area contributed by atoms with Gasteiger partial charge in [0.2, 0.25) is 0 Å². The molecular formula is C24H27N3O5S. The zero-order valence-electron chi connectivity index (χ0n) is 18.7. The largest absolute Gasteiger partial charge is 0.488 e. The highest BCUT2D eigenvalue weighted by Crippen LogP contribution is 2.33. The number of ether oxygens (including phenoxy) is 2. The normalized spacial score (nSPS) is 16.7. The first kappa shape index (κ1) is 22.9. The summed E-state index contributed by atoms with van der Waals surface area (Å²) in [5.74, 6) is 1.42. The molecule has 0 spiro atoms. The fourth-order valence-electron chi connectivity index (χ4n) is 3.49. The minimum Gasteiger partial charge on any atom is -0.488 e. The molecule has 3 aromatic rings. The summed E-state index contributed by atoms with van der Waals surface area (Å²) in [6.07, 6.45) is 5.23. The van der Waals surface area contributed by atoms with Crippen LogP contribution in [-0.4, -0.2) is 48.5 Å². The van der Waals surface area contributed by atoms with E-state index in [2.05, 4.69) is 28.3 Å². The number of aromatic amines is 1. The first-order chi connectivity index (χ1) is 15.7. The van der Waals surface area contributed by atoms with Crippen molar-refractivity contribution in [2.75, 3.05) is 12.9 Å². The number of aromatic nitrogens is 2. The lowest BCUT2D eigenvalue weighted by Crippen LogP contribution is -2.17. The number of benzene rings is 1. The number of sulfone groups is 1. The monoisotopic (exact) mass is 469 g/mol. The van der Waals surface area contributed by atoms with Crippen LogP contribution in [0.25, 0.3) is 17.0 Å². The van der Waals surface area contributed by atoms with Crippen molar-refractivity contribution in [3.63, 3.8) is 0 Å². The molecule has 3 heterocycles. The third-order valence-electron chi connectivity index (χ3n) is 5.16. The van der Waals surface area contributed by atoms with Crippen molar-refractivity contribution in [1.29, 1.82) is 0 Å². The summed E-state index contributed by atoms with van der Waals surface area (Å²) in [6, 6.07) is 12.8. The second-order valence-corrected chi connectivity index (χ2v) is 10.2. The number of hydrogen-bond donors (Lipinski definition) is 3. The van der Waals surface area contributed by atoms with Crippen molar-refractivity contribution in [3.05, 3.63) is 60.4 Å². The lowest BCUT2D eigenvalue weighted by molar-refractivity contribution is 0.129. The molecule has 9 heteroatoms. The fourth-order valence-corrected chi connectivity index (χ4v) is 4.05. The average Bonchev–Trinajstić information content (AvgIpc) is 3.42. The van der Waals surface area contributed by atoms with Crippen LogP contribution in [-0.2, 0) is 9.84 Å². The highest BCUT2D eigenvalue weighted by atomic mass is 32.2. The van der Waals surface area contributed by atoms with E-state index >= 15 is 0 Å². The van der Waals surface area contributed by atoms with Crippen molar-refractivity contribution in [3.8, 4) is 28.5 Å². The molecule has 0 unspecified atom stereocenters. The molecule has 0 amide bonds. The number of aliphatic hydroxyl groups is 1. The Hall–Kier alpha value is -3.30. The number of aliphatic hydroxyl groups excluding tert-OH is 1. The number of H-pyrrole nitrogens is 1. The van der Waals surface area contributed by atoms with E-state index in [0.29, 0.717) is 23.3 Å². The minimum atomic E-state index is -3.39. The van der Waals surface area contributed by atoms with Crippen LogP contribution in [0.5, 0.6) is 17.2 Å². The van der Waals surface area contributed by atoms with Crippen molar-refractivity contribution in [1.82, 2.24) is 15.3 Å². The SMILES string of the molecule is C[C@H]1CC=C(c2ccc(-c3cc(Oc4ccc(S(C)(=O)=O)nc4)cc(O[C@@H](C)CO)c3)[nH]2)N1. The highest BCUT2D eigenvalue weighted by molar-refractivity contribution is 7.90. The molecule has 0 aliphatic carbocycles. The molecule has 0 saturated carbocycles. The van der Waals surface area contributed by atoms with Gasteiger partial charge < -0.3 is 24.9 Å². The van der Waals surface area contributed by atoms with Gasteiger partial charge in [0.05, 0.1) is 24.2 Å². The molecular weight excluding hydrogens is 442 g/mol. The molecule has 1 aromatic carbocycles. The molecule has 1 aliphatic rings. The minimum absolute atomic E-state index is 0.0209. The van der Waals surface area contributed by atoms with Gasteiger partial charge in [0.15, 0.2) is 14.9 Å². The maximum atomic E-state index is 11.6. The Morgan fingerprint density at radius 3 is 2.52 bits per heavy atom. The molecule has 1 aliphatic heterocycles. The van der Waals surface area contributed by atoms with Crippen LogP contribution >= 0.6 is 0 Å². The van der Waals surface area contributed by atoms with Crippen LogP contribution < -0.4 is 14.8 Å². The number of pyridine rings is 1. The second kappa shape index (κ2) is 9.29. The van der Waals surface area contributed by atoms with Gasteiger partial charge in [0.1, 0.15) is 23.4 Å². The van der Waals surface area contributed by atoms with E-state index in [1.165, 1.54) is 12.3 Å². The van der Waals surface area contributed by atoms with E-state index in [0.717, 1.165) is 35.3 Å². The smallest absolute Gasteiger partial charge is 0.192 e. The van der Waals surface area contributed by atoms with Crippen LogP contribution in [0, 0.1) is 0 Å². The first-order valence-corrected chi connectivity index (χ1v) is 12.5. The average molecular weight is 470 g/mol. The predicted molar refractivity (Wildman–Crippen MR) is 126 cm³/mol. The van der Waals surface area contributed by atoms with Crippen LogP contribution in [0.1, 0.15) is 26.0 Å². The van der Waals surface area contributed by atoms with Crippen molar-refractivity contribution in [2.45, 2.75) is 37.4 Å². The van der Waals surface area contributed by atoms with Crippen LogP contribution in [0.15, 0.2) is 59.8 Å². The van der Waals surface area contributed by atoms with Gasteiger partial charge in [-0.3, -0.25) is 0 Å². The Labute approximate surface area is 193 Å². The number of nitrogens with one attached hydrogen (secondary N) is 2. The van der Waals surface area contributed by atoms with Crippen molar-refractivity contribution >= 4 is 15.5 Å². The van der Waals surface area contributed by atoms with E-state index < -0.39 is 15.9 Å². The molecule has 3 N–H and O–H groups in total. The summed E-state index contributed by atoms with van der Waals surface area (Å²) < 4.78 is 35.1. The Kier molecular flexibility index (Phi) is 6.44. The first-order valence-electron chi connectivity index (χ1n) is 10.6. The Morgan fingerprint density at radius 2 is 1.88 bits per heavy atom. The maximum absolute atomic E-state index is 11.6. The summed E-state index contributed by atoms with van der Waals surface area (Å²) in [4.78, 5) is 7.40. The standard InChI is InChI=1S/C24H27N3O5S/c1-15-4-6-22(26-15)23-8-7-21(27-23)17-10-19(31-16(2)14-28)12-20(11-17)32-18-5-9-24(25-13-18)33(3,29)30/h5-13,15-16,26-28H,4,14H2,1-3H3/t15-,16-/m0/s1. The lowest BCUT2D eigenvalue weighted by Gasteiger charge is -2.15. The summed E-state index contributed by atoms with van der Waals surface area (Å²) in [5, 5.41) is 12.8. The Balaban J connectivity index is 1.64. The molecule has 174 valence electrons. The van der Waals surface area contributed by atoms with Gasteiger partial charge >= 0.3 is 0 Å². The van der Waals surface area contributed by atoms with Crippen LogP contribution in [0.4, 0.5) is 0 Å². The maximum Gasteiger partial charge on any atom is 0.192 e. The molecule has 0 bridgehead atoms. The van der Waals surface area contributed by atoms with Crippen molar-refractivity contribution < 1.29 is 23.0 Å². The van der Waals surface area contributed by atoms with Gasteiger partial charge in [-0.25, -0.2) is 13.4 Å². The zero-order valence-corrected chi connectivity index (χ0v) is 19.5. The van der Waals surface area contributed by atoms with Gasteiger partial charge in [-0.15, -0.1) is 0 Å². The van der Waals surface area contributed by atoms with Gasteiger partial charge in [-0.05, 0) is 56.7 Å². The Bertz CT molecular complexity index is 1270. The second-order valence-electron chi connectivity index (χ2n) is 8.20. The molecule has 0 radical (unpaired) electrons. The van der Waals surface area contributed by atoms with Gasteiger partial charge in [-0.2, -0.15) is 0 Å². The van der Waals surface area contributed by atoms with E-state index in [-0.39, 0.29) is 11.6 Å². The molecule has 33 heavy (non-hydrogen) atoms. The summed E-state index contributed by atoms with van der Waals surface area (Å²) in [5.41, 5.74) is 3.78. The molecule has 8 nitrogen and oxygen atoms in total. The predicted octanol–water partition coefficient (Wildman–Crippen LogP) is 3.75. The van der Waals surface area contributed by atoms with E-state index in [1.807, 2.05) is 24.3 Å². The van der Waals surface area contributed by atoms with E-state index in [4.69, 9.17) is 9.47 Å². The summed E-state index contributed by atoms with van der Waals surface area (Å²) in [6.45, 7) is 3.78. The topological polar surface area (TPSA) is 114 Å². The highest BCUT2D eigenvalue weighted by Gasteiger charge is 2.16. The molecule has 4 rings (SSSR count). The van der Waals surface area contributed by atoms with Crippen LogP contribution in [0.2, 0.25) is 0 Å². The fraction of sp³-hybridized carbons (Fsp3) is 0.292. The zero-order chi connectivity index (χ0) is 23.6. The molecule has 2 atom stereocenters. The van der Waals surface area contributed by atoms with Crippen molar-refractivity contribution in [2.24, 2.45) is 0 Å². The number of nitrogens with zero attached hydrogens (tertiary/aromatic N) is 1. The van der Waals surface area contributed by atoms with Crippen LogP contribution in [0.3, 0.4) is 0 Å². The number of rotatable bonds is 8. The summed E-state index contributed by atoms with van der Waals surface area (Å²) >= 11 is 0. The van der Waals surface area contributed by atoms with E-state index in [9.17, 15) is 13.5 Å².